The predicted molar refractivity (Wildman–Crippen MR) is 80.0 cm³/mol. The van der Waals surface area contributed by atoms with E-state index in [1.807, 2.05) is 30.3 Å². The molecule has 1 unspecified atom stereocenters. The fourth-order valence-corrected chi connectivity index (χ4v) is 2.42. The molecule has 1 heterocycles. The second-order valence-corrected chi connectivity index (χ2v) is 5.22. The molecule has 2 rings (SSSR count). The van der Waals surface area contributed by atoms with Crippen molar-refractivity contribution in [2.75, 3.05) is 0 Å². The first-order chi connectivity index (χ1) is 9.22. The van der Waals surface area contributed by atoms with Gasteiger partial charge in [-0.25, -0.2) is 4.79 Å². The fraction of sp³-hybridized carbons (Fsp3) is 0.333. The number of rotatable bonds is 5. The second-order valence-electron chi connectivity index (χ2n) is 4.37. The molecule has 19 heavy (non-hydrogen) atoms. The maximum absolute atomic E-state index is 11.7. The van der Waals surface area contributed by atoms with Gasteiger partial charge in [0.1, 0.15) is 0 Å². The fourth-order valence-electron chi connectivity index (χ4n) is 1.85. The maximum Gasteiger partial charge on any atom is 0.335 e. The van der Waals surface area contributed by atoms with Crippen molar-refractivity contribution in [3.63, 3.8) is 0 Å². The Morgan fingerprint density at radius 1 is 1.37 bits per heavy atom. The SMILES string of the molecule is CCCCC1=C(Br)C(C=Nc2ccccc2)OC1=O. The Bertz CT molecular complexity index is 508. The minimum atomic E-state index is -0.389. The Hall–Kier alpha value is -1.42. The van der Waals surface area contributed by atoms with Crippen LogP contribution in [0.3, 0.4) is 0 Å². The highest BCUT2D eigenvalue weighted by Crippen LogP contribution is 2.30. The molecule has 0 saturated carbocycles. The molecule has 1 aliphatic rings. The van der Waals surface area contributed by atoms with E-state index in [0.717, 1.165) is 35.0 Å². The van der Waals surface area contributed by atoms with Crippen molar-refractivity contribution < 1.29 is 9.53 Å². The average Bonchev–Trinajstić information content (AvgIpc) is 2.70. The van der Waals surface area contributed by atoms with Gasteiger partial charge < -0.3 is 4.74 Å². The quantitative estimate of drug-likeness (QED) is 0.603. The lowest BCUT2D eigenvalue weighted by Crippen LogP contribution is -2.10. The number of para-hydroxylation sites is 1. The minimum Gasteiger partial charge on any atom is -0.448 e. The molecule has 1 aromatic carbocycles. The number of carbonyl (C=O) groups is 1. The summed E-state index contributed by atoms with van der Waals surface area (Å²) in [4.78, 5) is 16.1. The van der Waals surface area contributed by atoms with E-state index in [1.54, 1.807) is 6.21 Å². The molecular weight excluding hydrogens is 306 g/mol. The van der Waals surface area contributed by atoms with Crippen LogP contribution >= 0.6 is 15.9 Å². The molecule has 0 radical (unpaired) electrons. The van der Waals surface area contributed by atoms with Gasteiger partial charge in [0, 0.05) is 0 Å². The second kappa shape index (κ2) is 6.66. The zero-order chi connectivity index (χ0) is 13.7. The van der Waals surface area contributed by atoms with E-state index in [2.05, 4.69) is 27.8 Å². The van der Waals surface area contributed by atoms with Gasteiger partial charge in [0.05, 0.1) is 22.0 Å². The number of cyclic esters (lactones) is 1. The summed E-state index contributed by atoms with van der Waals surface area (Å²) in [5.74, 6) is -0.232. The number of ether oxygens (including phenoxy) is 1. The summed E-state index contributed by atoms with van der Waals surface area (Å²) < 4.78 is 6.11. The smallest absolute Gasteiger partial charge is 0.335 e. The number of aliphatic imine (C=N–C) groups is 1. The summed E-state index contributed by atoms with van der Waals surface area (Å²) in [7, 11) is 0. The van der Waals surface area contributed by atoms with Gasteiger partial charge in [0.2, 0.25) is 0 Å². The number of benzene rings is 1. The van der Waals surface area contributed by atoms with Gasteiger partial charge in [0.25, 0.3) is 0 Å². The number of hydrogen-bond donors (Lipinski definition) is 0. The van der Waals surface area contributed by atoms with Crippen LogP contribution in [-0.4, -0.2) is 18.3 Å². The third kappa shape index (κ3) is 3.53. The Kier molecular flexibility index (Phi) is 4.91. The van der Waals surface area contributed by atoms with E-state index in [0.29, 0.717) is 0 Å². The Balaban J connectivity index is 2.08. The zero-order valence-corrected chi connectivity index (χ0v) is 12.4. The van der Waals surface area contributed by atoms with Gasteiger partial charge in [-0.1, -0.05) is 47.5 Å². The number of nitrogens with zero attached hydrogens (tertiary/aromatic N) is 1. The van der Waals surface area contributed by atoms with Gasteiger partial charge in [-0.2, -0.15) is 0 Å². The van der Waals surface area contributed by atoms with Crippen LogP contribution in [-0.2, 0) is 9.53 Å². The van der Waals surface area contributed by atoms with Crippen LogP contribution in [0, 0.1) is 0 Å². The van der Waals surface area contributed by atoms with E-state index in [4.69, 9.17) is 4.74 Å². The number of hydrogen-bond acceptors (Lipinski definition) is 3. The monoisotopic (exact) mass is 321 g/mol. The molecule has 0 bridgehead atoms. The summed E-state index contributed by atoms with van der Waals surface area (Å²) >= 11 is 3.46. The number of carbonyl (C=O) groups excluding carboxylic acids is 1. The molecule has 1 aliphatic heterocycles. The molecule has 1 atom stereocenters. The topological polar surface area (TPSA) is 38.7 Å². The van der Waals surface area contributed by atoms with Crippen LogP contribution in [0.15, 0.2) is 45.4 Å². The molecular formula is C15H16BrNO2. The van der Waals surface area contributed by atoms with Crippen molar-refractivity contribution in [3.8, 4) is 0 Å². The first-order valence-electron chi connectivity index (χ1n) is 6.41. The van der Waals surface area contributed by atoms with Crippen LogP contribution in [0.1, 0.15) is 26.2 Å². The summed E-state index contributed by atoms with van der Waals surface area (Å²) in [6.45, 7) is 2.10. The zero-order valence-electron chi connectivity index (χ0n) is 10.8. The highest BCUT2D eigenvalue weighted by Gasteiger charge is 2.30. The largest absolute Gasteiger partial charge is 0.448 e. The maximum atomic E-state index is 11.7. The van der Waals surface area contributed by atoms with E-state index < -0.39 is 0 Å². The van der Waals surface area contributed by atoms with Gasteiger partial charge >= 0.3 is 5.97 Å². The lowest BCUT2D eigenvalue weighted by atomic mass is 10.1. The first kappa shape index (κ1) is 14.0. The van der Waals surface area contributed by atoms with E-state index in [9.17, 15) is 4.79 Å². The van der Waals surface area contributed by atoms with Gasteiger partial charge in [0.15, 0.2) is 6.10 Å². The summed E-state index contributed by atoms with van der Waals surface area (Å²) in [6, 6.07) is 9.59. The van der Waals surface area contributed by atoms with Crippen molar-refractivity contribution in [1.29, 1.82) is 0 Å². The van der Waals surface area contributed by atoms with Crippen molar-refractivity contribution in [2.45, 2.75) is 32.3 Å². The molecule has 0 aromatic heterocycles. The molecule has 0 N–H and O–H groups in total. The molecule has 0 saturated heterocycles. The van der Waals surface area contributed by atoms with Crippen molar-refractivity contribution in [2.24, 2.45) is 4.99 Å². The standard InChI is InChI=1S/C15H16BrNO2/c1-2-3-9-12-14(16)13(19-15(12)18)10-17-11-7-5-4-6-8-11/h4-8,10,13H,2-3,9H2,1H3. The molecule has 0 aliphatic carbocycles. The normalized spacial score (nSPS) is 19.3. The Labute approximate surface area is 121 Å². The van der Waals surface area contributed by atoms with E-state index >= 15 is 0 Å². The van der Waals surface area contributed by atoms with Gasteiger partial charge in [-0.3, -0.25) is 4.99 Å². The summed E-state index contributed by atoms with van der Waals surface area (Å²) in [6.07, 6.45) is 4.07. The van der Waals surface area contributed by atoms with Crippen LogP contribution in [0.2, 0.25) is 0 Å². The third-order valence-corrected chi connectivity index (χ3v) is 3.84. The van der Waals surface area contributed by atoms with Crippen molar-refractivity contribution in [3.05, 3.63) is 40.4 Å². The molecule has 0 spiro atoms. The molecule has 3 nitrogen and oxygen atoms in total. The van der Waals surface area contributed by atoms with Gasteiger partial charge in [-0.15, -0.1) is 0 Å². The number of halogens is 1. The molecule has 0 fully saturated rings. The van der Waals surface area contributed by atoms with Crippen molar-refractivity contribution in [1.82, 2.24) is 0 Å². The molecule has 4 heteroatoms. The molecule has 100 valence electrons. The highest BCUT2D eigenvalue weighted by atomic mass is 79.9. The molecule has 1 aromatic rings. The summed E-state index contributed by atoms with van der Waals surface area (Å²) in [5.41, 5.74) is 1.59. The lowest BCUT2D eigenvalue weighted by molar-refractivity contribution is -0.137. The Morgan fingerprint density at radius 2 is 2.11 bits per heavy atom. The van der Waals surface area contributed by atoms with Crippen LogP contribution in [0.5, 0.6) is 0 Å². The number of esters is 1. The van der Waals surface area contributed by atoms with Gasteiger partial charge in [-0.05, 0) is 25.0 Å². The van der Waals surface area contributed by atoms with Crippen LogP contribution in [0.25, 0.3) is 0 Å². The predicted octanol–water partition coefficient (Wildman–Crippen LogP) is 4.15. The Morgan fingerprint density at radius 3 is 2.79 bits per heavy atom. The van der Waals surface area contributed by atoms with E-state index in [-0.39, 0.29) is 12.1 Å². The summed E-state index contributed by atoms with van der Waals surface area (Å²) in [5, 5.41) is 0. The van der Waals surface area contributed by atoms with E-state index in [1.165, 1.54) is 0 Å². The minimum absolute atomic E-state index is 0.232. The third-order valence-electron chi connectivity index (χ3n) is 2.91. The lowest BCUT2D eigenvalue weighted by Gasteiger charge is -2.03. The van der Waals surface area contributed by atoms with Crippen molar-refractivity contribution >= 4 is 33.8 Å². The van der Waals surface area contributed by atoms with Crippen LogP contribution in [0.4, 0.5) is 5.69 Å². The highest BCUT2D eigenvalue weighted by molar-refractivity contribution is 9.11. The first-order valence-corrected chi connectivity index (χ1v) is 7.20. The number of unbranched alkanes of at least 4 members (excludes halogenated alkanes) is 1. The molecule has 0 amide bonds. The van der Waals surface area contributed by atoms with Crippen LogP contribution < -0.4 is 0 Å². The average molecular weight is 322 g/mol.